The Bertz CT molecular complexity index is 973. The van der Waals surface area contributed by atoms with Gasteiger partial charge in [-0.3, -0.25) is 9.59 Å². The Morgan fingerprint density at radius 1 is 1.11 bits per heavy atom. The lowest BCUT2D eigenvalue weighted by Crippen LogP contribution is -2.52. The van der Waals surface area contributed by atoms with Crippen molar-refractivity contribution < 1.29 is 21.9 Å². The molecule has 1 aliphatic rings. The van der Waals surface area contributed by atoms with Crippen molar-refractivity contribution in [2.75, 3.05) is 7.05 Å². The molecule has 1 aliphatic heterocycles. The van der Waals surface area contributed by atoms with Crippen LogP contribution in [0.5, 0.6) is 0 Å². The fourth-order valence-corrected chi connectivity index (χ4v) is 3.69. The van der Waals surface area contributed by atoms with Crippen LogP contribution in [0.25, 0.3) is 0 Å². The van der Waals surface area contributed by atoms with E-state index in [4.69, 9.17) is 0 Å². The van der Waals surface area contributed by atoms with E-state index in [1.54, 1.807) is 0 Å². The molecule has 0 unspecified atom stereocenters. The first-order valence-electron chi connectivity index (χ1n) is 8.41. The first-order chi connectivity index (χ1) is 12.8. The van der Waals surface area contributed by atoms with E-state index in [0.717, 1.165) is 23.3 Å². The molecule has 2 aromatic rings. The van der Waals surface area contributed by atoms with Gasteiger partial charge in [0, 0.05) is 20.0 Å². The maximum Gasteiger partial charge on any atom is 0.332 e. The van der Waals surface area contributed by atoms with Gasteiger partial charge in [-0.15, -0.1) is 3.89 Å². The van der Waals surface area contributed by atoms with Crippen molar-refractivity contribution in [3.05, 3.63) is 65.2 Å². The zero-order chi connectivity index (χ0) is 19.6. The minimum Gasteiger partial charge on any atom is -0.357 e. The van der Waals surface area contributed by atoms with Crippen molar-refractivity contribution in [3.8, 4) is 0 Å². The molecule has 0 spiro atoms. The first kappa shape index (κ1) is 19.0. The average molecular weight is 390 g/mol. The molecule has 27 heavy (non-hydrogen) atoms. The van der Waals surface area contributed by atoms with Gasteiger partial charge in [0.1, 0.15) is 6.04 Å². The normalized spacial score (nSPS) is 16.5. The molecule has 0 saturated heterocycles. The third-order valence-electron chi connectivity index (χ3n) is 4.68. The molecule has 1 atom stereocenters. The van der Waals surface area contributed by atoms with Crippen LogP contribution in [0.1, 0.15) is 16.7 Å². The predicted molar refractivity (Wildman–Crippen MR) is 97.0 cm³/mol. The van der Waals surface area contributed by atoms with E-state index in [1.807, 2.05) is 24.3 Å². The largest absolute Gasteiger partial charge is 0.357 e. The summed E-state index contributed by atoms with van der Waals surface area (Å²) in [5, 5.41) is 2.60. The molecule has 1 heterocycles. The van der Waals surface area contributed by atoms with Gasteiger partial charge in [0.25, 0.3) is 0 Å². The number of nitrogens with one attached hydrogen (secondary N) is 1. The average Bonchev–Trinajstić information content (AvgIpc) is 2.66. The molecule has 0 saturated carbocycles. The zero-order valence-corrected chi connectivity index (χ0v) is 15.5. The summed E-state index contributed by atoms with van der Waals surface area (Å²) in [6.07, 6.45) is 0.420. The Morgan fingerprint density at radius 3 is 2.33 bits per heavy atom. The van der Waals surface area contributed by atoms with Gasteiger partial charge in [0.2, 0.25) is 11.8 Å². The van der Waals surface area contributed by atoms with Gasteiger partial charge in [-0.05, 0) is 28.8 Å². The van der Waals surface area contributed by atoms with Crippen molar-refractivity contribution in [3.63, 3.8) is 0 Å². The van der Waals surface area contributed by atoms with Gasteiger partial charge < -0.3 is 10.2 Å². The topological polar surface area (TPSA) is 83.6 Å². The number of halogens is 1. The molecule has 6 nitrogen and oxygen atoms in total. The van der Waals surface area contributed by atoms with Crippen molar-refractivity contribution >= 4 is 22.0 Å². The van der Waals surface area contributed by atoms with Crippen LogP contribution in [-0.4, -0.2) is 38.2 Å². The maximum atomic E-state index is 13.0. The standard InChI is InChI=1S/C19H19FN2O4S/c1-21-19(24)17-11-14-4-2-3-5-15(14)12-22(17)18(23)10-13-6-8-16(9-7-13)27(20,25)26/h2-9,17H,10-12H2,1H3,(H,21,24)/t17-/m0/s1. The second-order valence-corrected chi connectivity index (χ2v) is 7.73. The summed E-state index contributed by atoms with van der Waals surface area (Å²) in [6.45, 7) is 0.323. The Kier molecular flexibility index (Phi) is 5.27. The highest BCUT2D eigenvalue weighted by Gasteiger charge is 2.33. The van der Waals surface area contributed by atoms with Crippen molar-refractivity contribution in [1.82, 2.24) is 10.2 Å². The summed E-state index contributed by atoms with van der Waals surface area (Å²) in [5.41, 5.74) is 2.57. The lowest BCUT2D eigenvalue weighted by molar-refractivity contribution is -0.141. The van der Waals surface area contributed by atoms with Crippen LogP contribution in [0.3, 0.4) is 0 Å². The van der Waals surface area contributed by atoms with E-state index in [2.05, 4.69) is 5.32 Å². The highest BCUT2D eigenvalue weighted by atomic mass is 32.3. The molecule has 0 fully saturated rings. The van der Waals surface area contributed by atoms with Crippen LogP contribution in [0.2, 0.25) is 0 Å². The minimum atomic E-state index is -4.77. The molecular formula is C19H19FN2O4S. The molecular weight excluding hydrogens is 371 g/mol. The van der Waals surface area contributed by atoms with Crippen LogP contribution in [0.15, 0.2) is 53.4 Å². The lowest BCUT2D eigenvalue weighted by atomic mass is 9.93. The molecule has 142 valence electrons. The number of rotatable bonds is 4. The van der Waals surface area contributed by atoms with E-state index in [-0.39, 0.29) is 18.2 Å². The van der Waals surface area contributed by atoms with Gasteiger partial charge >= 0.3 is 10.2 Å². The zero-order valence-electron chi connectivity index (χ0n) is 14.7. The Hall–Kier alpha value is -2.74. The van der Waals surface area contributed by atoms with Crippen molar-refractivity contribution in [2.45, 2.75) is 30.3 Å². The fourth-order valence-electron chi connectivity index (χ4n) is 3.23. The number of nitrogens with zero attached hydrogens (tertiary/aromatic N) is 1. The Labute approximate surface area is 157 Å². The van der Waals surface area contributed by atoms with Crippen LogP contribution in [-0.2, 0) is 39.2 Å². The molecule has 8 heteroatoms. The number of hydrogen-bond donors (Lipinski definition) is 1. The molecule has 0 aromatic heterocycles. The molecule has 2 aromatic carbocycles. The van der Waals surface area contributed by atoms with Crippen LogP contribution >= 0.6 is 0 Å². The van der Waals surface area contributed by atoms with Gasteiger partial charge in [-0.25, -0.2) is 0 Å². The number of carbonyl (C=O) groups is 2. The van der Waals surface area contributed by atoms with Crippen molar-refractivity contribution in [1.29, 1.82) is 0 Å². The molecule has 1 N–H and O–H groups in total. The number of amides is 2. The number of hydrogen-bond acceptors (Lipinski definition) is 4. The van der Waals surface area contributed by atoms with Crippen molar-refractivity contribution in [2.24, 2.45) is 0 Å². The number of carbonyl (C=O) groups excluding carboxylic acids is 2. The third kappa shape index (κ3) is 4.16. The Morgan fingerprint density at radius 2 is 1.74 bits per heavy atom. The highest BCUT2D eigenvalue weighted by Crippen LogP contribution is 2.24. The molecule has 0 bridgehead atoms. The van der Waals surface area contributed by atoms with Crippen LogP contribution in [0.4, 0.5) is 3.89 Å². The van der Waals surface area contributed by atoms with E-state index in [9.17, 15) is 21.9 Å². The Balaban J connectivity index is 1.82. The van der Waals surface area contributed by atoms with Gasteiger partial charge in [-0.1, -0.05) is 36.4 Å². The van der Waals surface area contributed by atoms with Crippen LogP contribution in [0, 0.1) is 0 Å². The predicted octanol–water partition coefficient (Wildman–Crippen LogP) is 1.59. The van der Waals surface area contributed by atoms with Gasteiger partial charge in [0.15, 0.2) is 0 Å². The molecule has 0 radical (unpaired) electrons. The fraction of sp³-hybridized carbons (Fsp3) is 0.263. The first-order valence-corrected chi connectivity index (χ1v) is 9.79. The van der Waals surface area contributed by atoms with Gasteiger partial charge in [0.05, 0.1) is 11.3 Å². The summed E-state index contributed by atoms with van der Waals surface area (Å²) in [5.74, 6) is -0.495. The van der Waals surface area contributed by atoms with E-state index >= 15 is 0 Å². The summed E-state index contributed by atoms with van der Waals surface area (Å²) in [4.78, 5) is 26.2. The smallest absolute Gasteiger partial charge is 0.332 e. The summed E-state index contributed by atoms with van der Waals surface area (Å²) >= 11 is 0. The number of benzene rings is 2. The maximum absolute atomic E-state index is 13.0. The molecule has 2 amide bonds. The monoisotopic (exact) mass is 390 g/mol. The van der Waals surface area contributed by atoms with Gasteiger partial charge in [-0.2, -0.15) is 8.42 Å². The third-order valence-corrected chi connectivity index (χ3v) is 5.51. The molecule has 3 rings (SSSR count). The quantitative estimate of drug-likeness (QED) is 0.804. The summed E-state index contributed by atoms with van der Waals surface area (Å²) in [6, 6.07) is 12.1. The number of fused-ring (bicyclic) bond motifs is 1. The lowest BCUT2D eigenvalue weighted by Gasteiger charge is -2.36. The second-order valence-electron chi connectivity index (χ2n) is 6.38. The van der Waals surface area contributed by atoms with Crippen LogP contribution < -0.4 is 5.32 Å². The minimum absolute atomic E-state index is 0.0116. The SMILES string of the molecule is CNC(=O)[C@@H]1Cc2ccccc2CN1C(=O)Cc1ccc(S(=O)(=O)F)cc1. The summed E-state index contributed by atoms with van der Waals surface area (Å²) in [7, 11) is -3.24. The molecule has 0 aliphatic carbocycles. The highest BCUT2D eigenvalue weighted by molar-refractivity contribution is 7.86. The van der Waals surface area contributed by atoms with E-state index < -0.39 is 21.2 Å². The second kappa shape index (κ2) is 7.48. The van der Waals surface area contributed by atoms with E-state index in [1.165, 1.54) is 24.1 Å². The summed E-state index contributed by atoms with van der Waals surface area (Å²) < 4.78 is 34.8. The number of likely N-dealkylation sites (N-methyl/N-ethyl adjacent to an activating group) is 1. The van der Waals surface area contributed by atoms with E-state index in [0.29, 0.717) is 18.5 Å².